The molecule has 11 heavy (non-hydrogen) atoms. The summed E-state index contributed by atoms with van der Waals surface area (Å²) in [5.74, 6) is 4.28. The van der Waals surface area contributed by atoms with Gasteiger partial charge in [-0.05, 0) is 0 Å². The fraction of sp³-hybridized carbons (Fsp3) is 0.667. The summed E-state index contributed by atoms with van der Waals surface area (Å²) in [5, 5.41) is 1.04. The topological polar surface area (TPSA) is 72.6 Å². The first kappa shape index (κ1) is 8.00. The third kappa shape index (κ3) is 1.48. The first-order chi connectivity index (χ1) is 5.15. The van der Waals surface area contributed by atoms with Crippen LogP contribution in [0.25, 0.3) is 0 Å². The van der Waals surface area contributed by atoms with Crippen molar-refractivity contribution in [1.29, 1.82) is 0 Å². The van der Waals surface area contributed by atoms with E-state index >= 15 is 0 Å². The average molecular weight is 158 g/mol. The third-order valence-electron chi connectivity index (χ3n) is 1.69. The molecule has 0 aliphatic carbocycles. The minimum absolute atomic E-state index is 0.170. The highest BCUT2D eigenvalue weighted by Gasteiger charge is 2.33. The Hall–Kier alpha value is -1.10. The van der Waals surface area contributed by atoms with Gasteiger partial charge in [-0.1, -0.05) is 0 Å². The molecule has 62 valence electrons. The van der Waals surface area contributed by atoms with Crippen molar-refractivity contribution in [1.82, 2.24) is 5.01 Å². The van der Waals surface area contributed by atoms with Crippen molar-refractivity contribution < 1.29 is 14.3 Å². The third-order valence-corrected chi connectivity index (χ3v) is 1.69. The Morgan fingerprint density at radius 3 is 2.82 bits per heavy atom. The molecule has 5 heteroatoms. The monoisotopic (exact) mass is 158 g/mol. The van der Waals surface area contributed by atoms with Crippen molar-refractivity contribution in [2.75, 3.05) is 13.7 Å². The first-order valence-electron chi connectivity index (χ1n) is 3.28. The molecule has 0 saturated carbocycles. The molecule has 1 heterocycles. The van der Waals surface area contributed by atoms with Gasteiger partial charge in [0.1, 0.15) is 0 Å². The summed E-state index contributed by atoms with van der Waals surface area (Å²) in [7, 11) is 1.30. The van der Waals surface area contributed by atoms with Crippen LogP contribution in [0.3, 0.4) is 0 Å². The minimum atomic E-state index is -0.377. The number of ether oxygens (including phenoxy) is 1. The van der Waals surface area contributed by atoms with Crippen LogP contribution in [0.15, 0.2) is 0 Å². The molecule has 2 N–H and O–H groups in total. The molecule has 1 fully saturated rings. The fourth-order valence-electron chi connectivity index (χ4n) is 1.06. The van der Waals surface area contributed by atoms with E-state index in [1.54, 1.807) is 0 Å². The molecule has 0 aromatic heterocycles. The van der Waals surface area contributed by atoms with E-state index in [1.165, 1.54) is 7.11 Å². The molecule has 5 nitrogen and oxygen atoms in total. The largest absolute Gasteiger partial charge is 0.469 e. The molecule has 1 aliphatic rings. The molecular formula is C6H10N2O3. The number of nitrogens with zero attached hydrogens (tertiary/aromatic N) is 1. The lowest BCUT2D eigenvalue weighted by Crippen LogP contribution is -2.32. The summed E-state index contributed by atoms with van der Waals surface area (Å²) in [6.07, 6.45) is 0.170. The van der Waals surface area contributed by atoms with Gasteiger partial charge >= 0.3 is 5.97 Å². The Balaban J connectivity index is 2.53. The molecule has 0 aromatic carbocycles. The zero-order chi connectivity index (χ0) is 8.43. The number of hydrogen-bond acceptors (Lipinski definition) is 4. The average Bonchev–Trinajstić information content (AvgIpc) is 2.31. The van der Waals surface area contributed by atoms with E-state index in [0.717, 1.165) is 5.01 Å². The number of rotatable bonds is 1. The Bertz CT molecular complexity index is 192. The standard InChI is InChI=1S/C6H10N2O3/c1-11-6(10)4-2-5(9)8(7)3-4/h4H,2-3,7H2,1H3. The lowest BCUT2D eigenvalue weighted by molar-refractivity contribution is -0.145. The number of methoxy groups -OCH3 is 1. The summed E-state index contributed by atoms with van der Waals surface area (Å²) in [6, 6.07) is 0. The van der Waals surface area contributed by atoms with Gasteiger partial charge in [-0.25, -0.2) is 5.84 Å². The Labute approximate surface area is 64.1 Å². The number of esters is 1. The molecule has 1 unspecified atom stereocenters. The Morgan fingerprint density at radius 1 is 1.82 bits per heavy atom. The van der Waals surface area contributed by atoms with E-state index in [4.69, 9.17) is 5.84 Å². The van der Waals surface area contributed by atoms with Crippen LogP contribution in [0.2, 0.25) is 0 Å². The van der Waals surface area contributed by atoms with Gasteiger partial charge in [-0.2, -0.15) is 0 Å². The van der Waals surface area contributed by atoms with E-state index in [2.05, 4.69) is 4.74 Å². The Morgan fingerprint density at radius 2 is 2.45 bits per heavy atom. The highest BCUT2D eigenvalue weighted by molar-refractivity contribution is 5.86. The minimum Gasteiger partial charge on any atom is -0.469 e. The number of carbonyl (C=O) groups excluding carboxylic acids is 2. The molecule has 0 bridgehead atoms. The van der Waals surface area contributed by atoms with Crippen molar-refractivity contribution in [3.63, 3.8) is 0 Å². The van der Waals surface area contributed by atoms with E-state index < -0.39 is 0 Å². The summed E-state index contributed by atoms with van der Waals surface area (Å²) in [6.45, 7) is 0.269. The van der Waals surface area contributed by atoms with Crippen LogP contribution in [0.4, 0.5) is 0 Å². The van der Waals surface area contributed by atoms with Crippen molar-refractivity contribution >= 4 is 11.9 Å². The van der Waals surface area contributed by atoms with Crippen LogP contribution in [-0.4, -0.2) is 30.5 Å². The number of nitrogens with two attached hydrogens (primary N) is 1. The van der Waals surface area contributed by atoms with Gasteiger partial charge in [0.25, 0.3) is 0 Å². The predicted molar refractivity (Wildman–Crippen MR) is 36.0 cm³/mol. The summed E-state index contributed by atoms with van der Waals surface area (Å²) in [4.78, 5) is 21.6. The van der Waals surface area contributed by atoms with Gasteiger partial charge < -0.3 is 4.74 Å². The van der Waals surface area contributed by atoms with Crippen LogP contribution in [0.1, 0.15) is 6.42 Å². The Kier molecular flexibility index (Phi) is 2.09. The van der Waals surface area contributed by atoms with Gasteiger partial charge in [-0.3, -0.25) is 14.6 Å². The van der Waals surface area contributed by atoms with E-state index in [-0.39, 0.29) is 30.8 Å². The molecule has 1 aliphatic heterocycles. The van der Waals surface area contributed by atoms with Crippen molar-refractivity contribution in [2.45, 2.75) is 6.42 Å². The molecule has 1 atom stereocenters. The van der Waals surface area contributed by atoms with Crippen molar-refractivity contribution in [3.8, 4) is 0 Å². The second-order valence-electron chi connectivity index (χ2n) is 2.47. The molecule has 0 spiro atoms. The van der Waals surface area contributed by atoms with Crippen LogP contribution < -0.4 is 5.84 Å². The maximum Gasteiger partial charge on any atom is 0.311 e. The van der Waals surface area contributed by atoms with Crippen molar-refractivity contribution in [3.05, 3.63) is 0 Å². The fourth-order valence-corrected chi connectivity index (χ4v) is 1.06. The van der Waals surface area contributed by atoms with Crippen molar-refractivity contribution in [2.24, 2.45) is 11.8 Å². The summed E-state index contributed by atoms with van der Waals surface area (Å²) in [5.41, 5.74) is 0. The van der Waals surface area contributed by atoms with Gasteiger partial charge in [0.05, 0.1) is 19.6 Å². The van der Waals surface area contributed by atoms with E-state index in [0.29, 0.717) is 0 Å². The molecule has 0 radical (unpaired) electrons. The van der Waals surface area contributed by atoms with E-state index in [9.17, 15) is 9.59 Å². The lowest BCUT2D eigenvalue weighted by Gasteiger charge is -2.06. The smallest absolute Gasteiger partial charge is 0.311 e. The molecule has 1 amide bonds. The van der Waals surface area contributed by atoms with Crippen LogP contribution in [-0.2, 0) is 14.3 Å². The number of hydrogen-bond donors (Lipinski definition) is 1. The quantitative estimate of drug-likeness (QED) is 0.298. The highest BCUT2D eigenvalue weighted by Crippen LogP contribution is 2.15. The first-order valence-corrected chi connectivity index (χ1v) is 3.28. The van der Waals surface area contributed by atoms with Gasteiger partial charge in [0, 0.05) is 6.42 Å². The predicted octanol–water partition coefficient (Wildman–Crippen LogP) is -1.12. The van der Waals surface area contributed by atoms with Crippen LogP contribution in [0.5, 0.6) is 0 Å². The molecule has 0 aromatic rings. The van der Waals surface area contributed by atoms with Crippen LogP contribution in [0, 0.1) is 5.92 Å². The van der Waals surface area contributed by atoms with Gasteiger partial charge in [0.2, 0.25) is 5.91 Å². The maximum atomic E-state index is 10.8. The zero-order valence-corrected chi connectivity index (χ0v) is 6.24. The van der Waals surface area contributed by atoms with Gasteiger partial charge in [0.15, 0.2) is 0 Å². The zero-order valence-electron chi connectivity index (χ0n) is 6.24. The van der Waals surface area contributed by atoms with Crippen LogP contribution >= 0.6 is 0 Å². The maximum absolute atomic E-state index is 10.8. The van der Waals surface area contributed by atoms with Gasteiger partial charge in [-0.15, -0.1) is 0 Å². The summed E-state index contributed by atoms with van der Waals surface area (Å²) >= 11 is 0. The van der Waals surface area contributed by atoms with E-state index in [1.807, 2.05) is 0 Å². The number of amides is 1. The normalized spacial score (nSPS) is 24.0. The SMILES string of the molecule is COC(=O)C1CC(=O)N(N)C1. The second-order valence-corrected chi connectivity index (χ2v) is 2.47. The highest BCUT2D eigenvalue weighted by atomic mass is 16.5. The number of carbonyl (C=O) groups is 2. The second kappa shape index (κ2) is 2.87. The molecule has 1 rings (SSSR count). The molecular weight excluding hydrogens is 148 g/mol. The number of hydrazine groups is 1. The lowest BCUT2D eigenvalue weighted by atomic mass is 10.1. The molecule has 1 saturated heterocycles. The summed E-state index contributed by atoms with van der Waals surface area (Å²) < 4.78 is 4.46.